The summed E-state index contributed by atoms with van der Waals surface area (Å²) in [5.41, 5.74) is 0. The molecule has 190 valence electrons. The summed E-state index contributed by atoms with van der Waals surface area (Å²) in [6, 6.07) is 7.68. The van der Waals surface area contributed by atoms with E-state index in [2.05, 4.69) is 20.2 Å². The molecule has 2 fully saturated rings. The molecule has 0 radical (unpaired) electrons. The van der Waals surface area contributed by atoms with Crippen molar-refractivity contribution in [3.05, 3.63) is 36.7 Å². The molecule has 2 aromatic rings. The van der Waals surface area contributed by atoms with Crippen LogP contribution in [0, 0.1) is 5.92 Å². The number of hydrogen-bond donors (Lipinski definition) is 1. The normalized spacial score (nSPS) is 19.8. The molecule has 1 unspecified atom stereocenters. The summed E-state index contributed by atoms with van der Waals surface area (Å²) in [4.78, 5) is 23.8. The van der Waals surface area contributed by atoms with Crippen molar-refractivity contribution in [2.24, 2.45) is 5.92 Å². The van der Waals surface area contributed by atoms with Gasteiger partial charge in [0.05, 0.1) is 31.8 Å². The molecule has 35 heavy (non-hydrogen) atoms. The van der Waals surface area contributed by atoms with E-state index in [9.17, 15) is 13.2 Å². The van der Waals surface area contributed by atoms with Crippen LogP contribution < -0.4 is 19.7 Å². The number of carbonyl (C=O) groups is 1. The van der Waals surface area contributed by atoms with E-state index < -0.39 is 10.0 Å². The summed E-state index contributed by atoms with van der Waals surface area (Å²) in [6.07, 6.45) is 7.24. The molecule has 2 aliphatic heterocycles. The van der Waals surface area contributed by atoms with Crippen LogP contribution >= 0.6 is 0 Å². The number of benzene rings is 1. The zero-order valence-electron chi connectivity index (χ0n) is 20.2. The Labute approximate surface area is 206 Å². The van der Waals surface area contributed by atoms with Gasteiger partial charge in [-0.15, -0.1) is 0 Å². The fourth-order valence-electron chi connectivity index (χ4n) is 4.49. The van der Waals surface area contributed by atoms with Crippen LogP contribution in [-0.4, -0.2) is 73.7 Å². The molecule has 0 saturated carbocycles. The minimum absolute atomic E-state index is 0.0227. The minimum Gasteiger partial charge on any atom is -0.490 e. The molecule has 11 heteroatoms. The number of hydrogen-bond acceptors (Lipinski definition) is 8. The molecule has 1 aromatic carbocycles. The van der Waals surface area contributed by atoms with Crippen molar-refractivity contribution in [3.63, 3.8) is 0 Å². The van der Waals surface area contributed by atoms with Crippen molar-refractivity contribution >= 4 is 27.6 Å². The number of aromatic nitrogens is 2. The number of anilines is 2. The quantitative estimate of drug-likeness (QED) is 0.585. The highest BCUT2D eigenvalue weighted by molar-refractivity contribution is 7.88. The predicted molar refractivity (Wildman–Crippen MR) is 133 cm³/mol. The summed E-state index contributed by atoms with van der Waals surface area (Å²) >= 11 is 0. The largest absolute Gasteiger partial charge is 0.490 e. The maximum absolute atomic E-state index is 12.8. The minimum atomic E-state index is -3.23. The Morgan fingerprint density at radius 3 is 2.57 bits per heavy atom. The number of para-hydroxylation sites is 2. The Morgan fingerprint density at radius 2 is 1.86 bits per heavy atom. The number of amides is 1. The Bertz CT molecular complexity index is 1120. The van der Waals surface area contributed by atoms with Gasteiger partial charge >= 0.3 is 0 Å². The van der Waals surface area contributed by atoms with E-state index in [1.165, 1.54) is 16.8 Å². The van der Waals surface area contributed by atoms with Crippen LogP contribution in [0.25, 0.3) is 0 Å². The lowest BCUT2D eigenvalue weighted by molar-refractivity contribution is -0.120. The Hall–Kier alpha value is -2.92. The number of nitrogens with zero attached hydrogens (tertiary/aromatic N) is 4. The monoisotopic (exact) mass is 503 g/mol. The molecule has 2 saturated heterocycles. The van der Waals surface area contributed by atoms with Crippen LogP contribution in [0.4, 0.5) is 11.6 Å². The molecule has 2 aliphatic rings. The second-order valence-corrected chi connectivity index (χ2v) is 10.9. The van der Waals surface area contributed by atoms with Crippen LogP contribution in [-0.2, 0) is 14.8 Å². The van der Waals surface area contributed by atoms with Gasteiger partial charge in [-0.25, -0.2) is 17.7 Å². The van der Waals surface area contributed by atoms with Gasteiger partial charge < -0.3 is 19.7 Å². The van der Waals surface area contributed by atoms with Gasteiger partial charge in [0.25, 0.3) is 0 Å². The van der Waals surface area contributed by atoms with Gasteiger partial charge in [-0.3, -0.25) is 9.78 Å². The van der Waals surface area contributed by atoms with Crippen LogP contribution in [0.2, 0.25) is 0 Å². The van der Waals surface area contributed by atoms with Crippen molar-refractivity contribution in [2.75, 3.05) is 49.3 Å². The third kappa shape index (κ3) is 6.61. The molecule has 1 aromatic heterocycles. The zero-order chi connectivity index (χ0) is 24.8. The van der Waals surface area contributed by atoms with Gasteiger partial charge in [-0.05, 0) is 44.7 Å². The maximum Gasteiger partial charge on any atom is 0.228 e. The standard InChI is InChI=1S/C24H33N5O5S/c1-3-33-20-8-4-5-9-21(20)34-19-7-6-12-28(17-19)23-16-25-15-22(26-23)27-24(30)18-10-13-29(14-11-18)35(2,31)32/h4-5,8-9,15-16,18-19H,3,6-7,10-14,17H2,1-2H3,(H,26,27,30). The highest BCUT2D eigenvalue weighted by atomic mass is 32.2. The first-order valence-corrected chi connectivity index (χ1v) is 13.9. The van der Waals surface area contributed by atoms with Gasteiger partial charge in [-0.1, -0.05) is 12.1 Å². The average Bonchev–Trinajstić information content (AvgIpc) is 2.85. The number of rotatable bonds is 8. The second kappa shape index (κ2) is 11.2. The number of carbonyl (C=O) groups excluding carboxylic acids is 1. The van der Waals surface area contributed by atoms with Crippen molar-refractivity contribution in [1.29, 1.82) is 0 Å². The maximum atomic E-state index is 12.8. The van der Waals surface area contributed by atoms with Gasteiger partial charge in [0.1, 0.15) is 11.9 Å². The smallest absolute Gasteiger partial charge is 0.228 e. The number of nitrogens with one attached hydrogen (secondary N) is 1. The molecule has 0 bridgehead atoms. The van der Waals surface area contributed by atoms with Crippen LogP contribution in [0.5, 0.6) is 11.5 Å². The Morgan fingerprint density at radius 1 is 1.11 bits per heavy atom. The van der Waals surface area contributed by atoms with Gasteiger partial charge in [0.2, 0.25) is 15.9 Å². The van der Waals surface area contributed by atoms with E-state index in [1.807, 2.05) is 31.2 Å². The van der Waals surface area contributed by atoms with Gasteiger partial charge in [-0.2, -0.15) is 0 Å². The van der Waals surface area contributed by atoms with E-state index in [1.54, 1.807) is 6.20 Å². The van der Waals surface area contributed by atoms with E-state index >= 15 is 0 Å². The van der Waals surface area contributed by atoms with Gasteiger partial charge in [0, 0.05) is 25.6 Å². The lowest BCUT2D eigenvalue weighted by Crippen LogP contribution is -2.42. The average molecular weight is 504 g/mol. The van der Waals surface area contributed by atoms with Crippen molar-refractivity contribution in [2.45, 2.75) is 38.7 Å². The fraction of sp³-hybridized carbons (Fsp3) is 0.542. The zero-order valence-corrected chi connectivity index (χ0v) is 21.0. The predicted octanol–water partition coefficient (Wildman–Crippen LogP) is 2.53. The molecule has 3 heterocycles. The molecule has 0 aliphatic carbocycles. The van der Waals surface area contributed by atoms with Crippen LogP contribution in [0.1, 0.15) is 32.6 Å². The topological polar surface area (TPSA) is 114 Å². The fourth-order valence-corrected chi connectivity index (χ4v) is 5.36. The van der Waals surface area contributed by atoms with Crippen LogP contribution in [0.3, 0.4) is 0 Å². The Kier molecular flexibility index (Phi) is 8.07. The molecule has 10 nitrogen and oxygen atoms in total. The lowest BCUT2D eigenvalue weighted by atomic mass is 9.97. The first-order chi connectivity index (χ1) is 16.8. The summed E-state index contributed by atoms with van der Waals surface area (Å²) in [5.74, 6) is 2.13. The first kappa shape index (κ1) is 25.2. The molecule has 4 rings (SSSR count). The van der Waals surface area contributed by atoms with Crippen molar-refractivity contribution < 1.29 is 22.7 Å². The van der Waals surface area contributed by atoms with E-state index in [0.29, 0.717) is 50.7 Å². The molecular weight excluding hydrogens is 470 g/mol. The highest BCUT2D eigenvalue weighted by Crippen LogP contribution is 2.30. The van der Waals surface area contributed by atoms with Crippen LogP contribution in [0.15, 0.2) is 36.7 Å². The number of piperidine rings is 2. The molecular formula is C24H33N5O5S. The SMILES string of the molecule is CCOc1ccccc1OC1CCCN(c2cncc(NC(=O)C3CCN(S(C)(=O)=O)CC3)n2)C1. The van der Waals surface area contributed by atoms with Gasteiger partial charge in [0.15, 0.2) is 17.3 Å². The van der Waals surface area contributed by atoms with Crippen molar-refractivity contribution in [1.82, 2.24) is 14.3 Å². The molecule has 1 N–H and O–H groups in total. The summed E-state index contributed by atoms with van der Waals surface area (Å²) in [5, 5.41) is 2.86. The van der Waals surface area contributed by atoms with E-state index in [4.69, 9.17) is 9.47 Å². The summed E-state index contributed by atoms with van der Waals surface area (Å²) in [7, 11) is -3.23. The summed E-state index contributed by atoms with van der Waals surface area (Å²) < 4.78 is 36.8. The number of sulfonamides is 1. The van der Waals surface area contributed by atoms with Crippen molar-refractivity contribution in [3.8, 4) is 11.5 Å². The van der Waals surface area contributed by atoms with E-state index in [-0.39, 0.29) is 17.9 Å². The first-order valence-electron chi connectivity index (χ1n) is 12.0. The van der Waals surface area contributed by atoms with E-state index in [0.717, 1.165) is 30.9 Å². The third-order valence-electron chi connectivity index (χ3n) is 6.31. The third-order valence-corrected chi connectivity index (χ3v) is 7.61. The lowest BCUT2D eigenvalue weighted by Gasteiger charge is -2.34. The summed E-state index contributed by atoms with van der Waals surface area (Å²) in [6.45, 7) is 4.69. The number of ether oxygens (including phenoxy) is 2. The molecule has 1 atom stereocenters. The Balaban J connectivity index is 1.36. The molecule has 0 spiro atoms. The highest BCUT2D eigenvalue weighted by Gasteiger charge is 2.29. The molecule has 1 amide bonds. The second-order valence-electron chi connectivity index (χ2n) is 8.90.